The average molecular weight is 595 g/mol. The Balaban J connectivity index is 1.57. The quantitative estimate of drug-likeness (QED) is 0.346. The van der Waals surface area contributed by atoms with Crippen LogP contribution in [0, 0.1) is 5.82 Å². The molecule has 1 heterocycles. The number of anilines is 1. The van der Waals surface area contributed by atoms with Gasteiger partial charge in [-0.2, -0.15) is 26.3 Å². The Morgan fingerprint density at radius 3 is 2.02 bits per heavy atom. The zero-order valence-corrected chi connectivity index (χ0v) is 21.8. The number of nitrogens with zero attached hydrogens (tertiary/aromatic N) is 2. The van der Waals surface area contributed by atoms with Crippen molar-refractivity contribution >= 4 is 17.6 Å². The Hall–Kier alpha value is -3.43. The molecule has 1 aliphatic rings. The van der Waals surface area contributed by atoms with Crippen LogP contribution in [0.1, 0.15) is 34.8 Å². The fraction of sp³-hybridized carbons (Fsp3) is 0.462. The predicted molar refractivity (Wildman–Crippen MR) is 133 cm³/mol. The summed E-state index contributed by atoms with van der Waals surface area (Å²) in [7, 11) is 0. The fourth-order valence-corrected chi connectivity index (χ4v) is 4.26. The Kier molecular flexibility index (Phi) is 9.87. The van der Waals surface area contributed by atoms with E-state index in [2.05, 4.69) is 10.6 Å². The van der Waals surface area contributed by atoms with Crippen LogP contribution in [0.2, 0.25) is 0 Å². The minimum Gasteiger partial charge on any atom is -0.394 e. The molecule has 3 amide bonds. The van der Waals surface area contributed by atoms with Crippen molar-refractivity contribution < 1.29 is 50.5 Å². The first-order valence-corrected chi connectivity index (χ1v) is 12.6. The van der Waals surface area contributed by atoms with Gasteiger partial charge in [0.25, 0.3) is 11.5 Å². The van der Waals surface area contributed by atoms with E-state index in [0.29, 0.717) is 37.2 Å². The summed E-state index contributed by atoms with van der Waals surface area (Å²) in [6, 6.07) is 5.66. The molecule has 15 heteroatoms. The van der Waals surface area contributed by atoms with E-state index in [4.69, 9.17) is 5.11 Å². The monoisotopic (exact) mass is 594 g/mol. The van der Waals surface area contributed by atoms with Crippen molar-refractivity contribution in [1.29, 1.82) is 0 Å². The molecule has 226 valence electrons. The summed E-state index contributed by atoms with van der Waals surface area (Å²) in [4.78, 5) is 28.2. The lowest BCUT2D eigenvalue weighted by Crippen LogP contribution is -2.53. The summed E-state index contributed by atoms with van der Waals surface area (Å²) in [5.74, 6) is -1.30. The first kappa shape index (κ1) is 32.1. The number of aliphatic hydroxyl groups excluding tert-OH is 1. The average Bonchev–Trinajstić information content (AvgIpc) is 2.91. The van der Waals surface area contributed by atoms with Crippen LogP contribution in [-0.2, 0) is 12.1 Å². The molecule has 1 fully saturated rings. The molecule has 0 unspecified atom stereocenters. The van der Waals surface area contributed by atoms with Crippen LogP contribution < -0.4 is 10.6 Å². The lowest BCUT2D eigenvalue weighted by molar-refractivity contribution is -0.376. The van der Waals surface area contributed by atoms with Crippen molar-refractivity contribution in [3.8, 4) is 0 Å². The number of nitrogens with one attached hydrogen (secondary N) is 2. The minimum atomic E-state index is -5.97. The second kappa shape index (κ2) is 12.6. The van der Waals surface area contributed by atoms with Gasteiger partial charge in [0, 0.05) is 43.9 Å². The third-order valence-corrected chi connectivity index (χ3v) is 6.77. The van der Waals surface area contributed by atoms with Crippen molar-refractivity contribution in [2.75, 3.05) is 38.1 Å². The van der Waals surface area contributed by atoms with E-state index in [9.17, 15) is 45.4 Å². The molecule has 41 heavy (non-hydrogen) atoms. The van der Waals surface area contributed by atoms with E-state index in [-0.39, 0.29) is 37.5 Å². The van der Waals surface area contributed by atoms with Gasteiger partial charge in [-0.1, -0.05) is 31.2 Å². The van der Waals surface area contributed by atoms with Crippen LogP contribution in [0.15, 0.2) is 42.5 Å². The Labute approximate surface area is 230 Å². The van der Waals surface area contributed by atoms with Crippen LogP contribution in [0.3, 0.4) is 0 Å². The molecule has 1 saturated heterocycles. The smallest absolute Gasteiger partial charge is 0.394 e. The van der Waals surface area contributed by atoms with Crippen molar-refractivity contribution in [1.82, 2.24) is 15.1 Å². The first-order chi connectivity index (χ1) is 19.1. The molecule has 1 aliphatic heterocycles. The van der Waals surface area contributed by atoms with Gasteiger partial charge in [-0.25, -0.2) is 9.18 Å². The molecule has 0 saturated carbocycles. The third kappa shape index (κ3) is 7.26. The molecular weight excluding hydrogens is 565 g/mol. The number of carbonyl (C=O) groups excluding carboxylic acids is 2. The van der Waals surface area contributed by atoms with E-state index in [1.807, 2.05) is 4.90 Å². The molecule has 0 spiro atoms. The molecule has 0 bridgehead atoms. The predicted octanol–water partition coefficient (Wildman–Crippen LogP) is 3.99. The highest BCUT2D eigenvalue weighted by Gasteiger charge is 2.71. The van der Waals surface area contributed by atoms with Crippen molar-refractivity contribution in [3.63, 3.8) is 0 Å². The van der Waals surface area contributed by atoms with E-state index < -0.39 is 47.3 Å². The van der Waals surface area contributed by atoms with Gasteiger partial charge >= 0.3 is 18.4 Å². The standard InChI is InChI=1S/C26H29F7N4O4/c1-2-19(15-38)34-23(40)35-21-8-5-17(13-20(21)27)22(39)37-11-9-36(10-12-37)14-16-3-6-18(7-4-16)24(41,25(28,29)30)26(31,32)33/h3-8,13,19,38,41H,2,9-12,14-15H2,1H3,(H2,34,35,40)/t19-/m0/s1. The number of hydrogen-bond donors (Lipinski definition) is 4. The number of halogens is 7. The number of rotatable bonds is 8. The summed E-state index contributed by atoms with van der Waals surface area (Å²) in [6.07, 6.45) is -11.5. The number of alkyl halides is 6. The highest BCUT2D eigenvalue weighted by Crippen LogP contribution is 2.50. The largest absolute Gasteiger partial charge is 0.430 e. The van der Waals surface area contributed by atoms with Crippen molar-refractivity contribution in [2.45, 2.75) is 43.9 Å². The number of urea groups is 1. The van der Waals surface area contributed by atoms with Gasteiger partial charge in [-0.3, -0.25) is 9.69 Å². The van der Waals surface area contributed by atoms with E-state index >= 15 is 0 Å². The molecule has 2 aromatic carbocycles. The first-order valence-electron chi connectivity index (χ1n) is 12.6. The summed E-state index contributed by atoms with van der Waals surface area (Å²) in [5, 5.41) is 23.5. The number of piperazine rings is 1. The zero-order valence-electron chi connectivity index (χ0n) is 21.8. The molecular formula is C26H29F7N4O4. The van der Waals surface area contributed by atoms with Crippen LogP contribution in [-0.4, -0.2) is 83.1 Å². The normalized spacial score (nSPS) is 15.9. The number of aliphatic hydroxyl groups is 2. The lowest BCUT2D eigenvalue weighted by atomic mass is 9.91. The molecule has 0 aliphatic carbocycles. The highest BCUT2D eigenvalue weighted by atomic mass is 19.4. The number of amides is 3. The van der Waals surface area contributed by atoms with Gasteiger partial charge < -0.3 is 25.7 Å². The molecule has 1 atom stereocenters. The minimum absolute atomic E-state index is 0.0427. The molecule has 2 aromatic rings. The molecule has 0 aromatic heterocycles. The van der Waals surface area contributed by atoms with Gasteiger partial charge in [0.1, 0.15) is 5.82 Å². The number of hydrogen-bond acceptors (Lipinski definition) is 5. The Bertz CT molecular complexity index is 1200. The van der Waals surface area contributed by atoms with Crippen LogP contribution in [0.5, 0.6) is 0 Å². The molecule has 3 rings (SSSR count). The number of benzene rings is 2. The van der Waals surface area contributed by atoms with Gasteiger partial charge in [-0.05, 0) is 30.2 Å². The lowest BCUT2D eigenvalue weighted by Gasteiger charge is -2.35. The molecule has 4 N–H and O–H groups in total. The van der Waals surface area contributed by atoms with Crippen molar-refractivity contribution in [2.24, 2.45) is 0 Å². The van der Waals surface area contributed by atoms with Gasteiger partial charge in [0.05, 0.1) is 18.3 Å². The summed E-state index contributed by atoms with van der Waals surface area (Å²) in [6.45, 7) is 2.74. The van der Waals surface area contributed by atoms with Gasteiger partial charge in [-0.15, -0.1) is 0 Å². The topological polar surface area (TPSA) is 105 Å². The maximum absolute atomic E-state index is 14.6. The molecule has 0 radical (unpaired) electrons. The van der Waals surface area contributed by atoms with E-state index in [1.54, 1.807) is 6.92 Å². The summed E-state index contributed by atoms with van der Waals surface area (Å²) in [5.41, 5.74) is -6.06. The summed E-state index contributed by atoms with van der Waals surface area (Å²) >= 11 is 0. The third-order valence-electron chi connectivity index (χ3n) is 6.77. The highest BCUT2D eigenvalue weighted by molar-refractivity contribution is 5.95. The second-order valence-electron chi connectivity index (χ2n) is 9.55. The maximum atomic E-state index is 14.6. The Morgan fingerprint density at radius 1 is 0.951 bits per heavy atom. The van der Waals surface area contributed by atoms with E-state index in [1.165, 1.54) is 17.0 Å². The van der Waals surface area contributed by atoms with Crippen LogP contribution in [0.25, 0.3) is 0 Å². The SMILES string of the molecule is CC[C@@H](CO)NC(=O)Nc1ccc(C(=O)N2CCN(Cc3ccc(C(O)(C(F)(F)F)C(F)(F)F)cc3)CC2)cc1F. The van der Waals surface area contributed by atoms with Gasteiger partial charge in [0.2, 0.25) is 0 Å². The Morgan fingerprint density at radius 2 is 1.54 bits per heavy atom. The van der Waals surface area contributed by atoms with E-state index in [0.717, 1.165) is 18.2 Å². The van der Waals surface area contributed by atoms with Gasteiger partial charge in [0.15, 0.2) is 0 Å². The summed E-state index contributed by atoms with van der Waals surface area (Å²) < 4.78 is 93.1. The fourth-order valence-electron chi connectivity index (χ4n) is 4.26. The zero-order chi connectivity index (χ0) is 30.6. The number of carbonyl (C=O) groups is 2. The van der Waals surface area contributed by atoms with Crippen LogP contribution >= 0.6 is 0 Å². The van der Waals surface area contributed by atoms with Crippen molar-refractivity contribution in [3.05, 3.63) is 65.0 Å². The second-order valence-corrected chi connectivity index (χ2v) is 9.55. The van der Waals surface area contributed by atoms with Crippen LogP contribution in [0.4, 0.5) is 41.2 Å². The maximum Gasteiger partial charge on any atom is 0.430 e. The molecule has 8 nitrogen and oxygen atoms in total.